The Morgan fingerprint density at radius 1 is 1.23 bits per heavy atom. The van der Waals surface area contributed by atoms with Gasteiger partial charge in [-0.2, -0.15) is 11.3 Å². The number of benzene rings is 1. The Hall–Kier alpha value is -2.34. The van der Waals surface area contributed by atoms with Gasteiger partial charge in [-0.05, 0) is 59.9 Å². The third kappa shape index (κ3) is 4.07. The Bertz CT molecular complexity index is 786. The van der Waals surface area contributed by atoms with Gasteiger partial charge in [-0.25, -0.2) is 4.79 Å². The summed E-state index contributed by atoms with van der Waals surface area (Å²) in [5, 5.41) is 10.1. The molecule has 1 atom stereocenters. The molecule has 2 aromatic rings. The molecule has 3 rings (SSSR count). The van der Waals surface area contributed by atoms with E-state index in [9.17, 15) is 9.59 Å². The molecule has 1 fully saturated rings. The quantitative estimate of drug-likeness (QED) is 0.793. The molecule has 3 amide bonds. The molecule has 1 aliphatic rings. The van der Waals surface area contributed by atoms with E-state index in [0.717, 1.165) is 30.6 Å². The van der Waals surface area contributed by atoms with Crippen molar-refractivity contribution in [1.29, 1.82) is 0 Å². The van der Waals surface area contributed by atoms with Crippen LogP contribution in [0.3, 0.4) is 0 Å². The first-order chi connectivity index (χ1) is 12.5. The summed E-state index contributed by atoms with van der Waals surface area (Å²) in [5.74, 6) is -0.131. The van der Waals surface area contributed by atoms with Crippen molar-refractivity contribution in [1.82, 2.24) is 4.90 Å². The van der Waals surface area contributed by atoms with Crippen molar-refractivity contribution in [3.8, 4) is 0 Å². The molecule has 0 spiro atoms. The second kappa shape index (κ2) is 7.91. The molecule has 2 N–H and O–H groups in total. The molecule has 1 unspecified atom stereocenters. The number of anilines is 2. The molecule has 26 heavy (non-hydrogen) atoms. The van der Waals surface area contributed by atoms with Crippen molar-refractivity contribution in [2.24, 2.45) is 5.92 Å². The standard InChI is InChI=1S/C20H25N3O2S/c1-13(2)19(24)21-16-7-6-14(3)17(11-16)22-20(25)23-9-4-5-18(23)15-8-10-26-12-15/h6-8,10-13,18H,4-5,9H2,1-3H3,(H,21,24)(H,22,25). The van der Waals surface area contributed by atoms with Crippen LogP contribution in [0.4, 0.5) is 16.2 Å². The number of hydrogen-bond donors (Lipinski definition) is 2. The van der Waals surface area contributed by atoms with Crippen molar-refractivity contribution in [2.45, 2.75) is 39.7 Å². The molecule has 1 saturated heterocycles. The average molecular weight is 372 g/mol. The molecule has 0 bridgehead atoms. The van der Waals surface area contributed by atoms with Crippen LogP contribution in [0.1, 0.15) is 43.9 Å². The van der Waals surface area contributed by atoms with E-state index in [1.54, 1.807) is 11.3 Å². The van der Waals surface area contributed by atoms with E-state index in [1.807, 2.05) is 43.9 Å². The van der Waals surface area contributed by atoms with Gasteiger partial charge >= 0.3 is 6.03 Å². The predicted octanol–water partition coefficient (Wildman–Crippen LogP) is 5.02. The number of rotatable bonds is 4. The van der Waals surface area contributed by atoms with E-state index in [0.29, 0.717) is 5.69 Å². The summed E-state index contributed by atoms with van der Waals surface area (Å²) < 4.78 is 0. The van der Waals surface area contributed by atoms with Crippen molar-refractivity contribution in [3.63, 3.8) is 0 Å². The van der Waals surface area contributed by atoms with E-state index in [1.165, 1.54) is 5.56 Å². The number of likely N-dealkylation sites (tertiary alicyclic amines) is 1. The van der Waals surface area contributed by atoms with Gasteiger partial charge in [0, 0.05) is 23.8 Å². The summed E-state index contributed by atoms with van der Waals surface area (Å²) >= 11 is 1.66. The first-order valence-electron chi connectivity index (χ1n) is 8.97. The summed E-state index contributed by atoms with van der Waals surface area (Å²) in [6, 6.07) is 7.73. The fourth-order valence-corrected chi connectivity index (χ4v) is 3.84. The number of aryl methyl sites for hydroxylation is 1. The summed E-state index contributed by atoms with van der Waals surface area (Å²) in [5.41, 5.74) is 3.59. The zero-order chi connectivity index (χ0) is 18.7. The Kier molecular flexibility index (Phi) is 5.61. The highest BCUT2D eigenvalue weighted by atomic mass is 32.1. The number of nitrogens with zero attached hydrogens (tertiary/aromatic N) is 1. The molecule has 0 saturated carbocycles. The highest BCUT2D eigenvalue weighted by Crippen LogP contribution is 2.33. The number of carbonyl (C=O) groups is 2. The Balaban J connectivity index is 1.73. The lowest BCUT2D eigenvalue weighted by atomic mass is 10.1. The maximum atomic E-state index is 12.8. The van der Waals surface area contributed by atoms with Crippen LogP contribution in [-0.4, -0.2) is 23.4 Å². The number of hydrogen-bond acceptors (Lipinski definition) is 3. The molecule has 6 heteroatoms. The molecule has 0 aliphatic carbocycles. The lowest BCUT2D eigenvalue weighted by molar-refractivity contribution is -0.118. The fourth-order valence-electron chi connectivity index (χ4n) is 3.13. The van der Waals surface area contributed by atoms with Crippen LogP contribution < -0.4 is 10.6 Å². The maximum Gasteiger partial charge on any atom is 0.322 e. The molecular formula is C20H25N3O2S. The van der Waals surface area contributed by atoms with Crippen molar-refractivity contribution < 1.29 is 9.59 Å². The fraction of sp³-hybridized carbons (Fsp3) is 0.400. The van der Waals surface area contributed by atoms with Gasteiger partial charge in [0.05, 0.1) is 6.04 Å². The number of nitrogens with one attached hydrogen (secondary N) is 2. The van der Waals surface area contributed by atoms with Gasteiger partial charge in [0.1, 0.15) is 0 Å². The van der Waals surface area contributed by atoms with Gasteiger partial charge in [0.25, 0.3) is 0 Å². The van der Waals surface area contributed by atoms with Crippen LogP contribution in [0.5, 0.6) is 0 Å². The predicted molar refractivity (Wildman–Crippen MR) is 107 cm³/mol. The normalized spacial score (nSPS) is 16.8. The molecule has 5 nitrogen and oxygen atoms in total. The number of thiophene rings is 1. The first-order valence-corrected chi connectivity index (χ1v) is 9.91. The minimum absolute atomic E-state index is 0.0387. The summed E-state index contributed by atoms with van der Waals surface area (Å²) in [7, 11) is 0. The van der Waals surface area contributed by atoms with Gasteiger partial charge in [0.15, 0.2) is 0 Å². The van der Waals surface area contributed by atoms with E-state index < -0.39 is 0 Å². The monoisotopic (exact) mass is 371 g/mol. The maximum absolute atomic E-state index is 12.8. The third-order valence-corrected chi connectivity index (χ3v) is 5.41. The average Bonchev–Trinajstić information content (AvgIpc) is 3.28. The smallest absolute Gasteiger partial charge is 0.322 e. The molecule has 1 aromatic carbocycles. The van der Waals surface area contributed by atoms with Gasteiger partial charge in [-0.1, -0.05) is 19.9 Å². The van der Waals surface area contributed by atoms with Gasteiger partial charge in [-0.15, -0.1) is 0 Å². The van der Waals surface area contributed by atoms with Crippen LogP contribution in [0.2, 0.25) is 0 Å². The minimum Gasteiger partial charge on any atom is -0.326 e. The molecule has 2 heterocycles. The van der Waals surface area contributed by atoms with Crippen LogP contribution in [-0.2, 0) is 4.79 Å². The lowest BCUT2D eigenvalue weighted by Gasteiger charge is -2.25. The van der Waals surface area contributed by atoms with E-state index in [4.69, 9.17) is 0 Å². The molecule has 1 aliphatic heterocycles. The highest BCUT2D eigenvalue weighted by Gasteiger charge is 2.30. The summed E-state index contributed by atoms with van der Waals surface area (Å²) in [6.45, 7) is 6.41. The number of urea groups is 1. The summed E-state index contributed by atoms with van der Waals surface area (Å²) in [6.07, 6.45) is 2.00. The first kappa shape index (κ1) is 18.5. The topological polar surface area (TPSA) is 61.4 Å². The zero-order valence-corrected chi connectivity index (χ0v) is 16.2. The molecule has 0 radical (unpaired) electrons. The van der Waals surface area contributed by atoms with Gasteiger partial charge in [-0.3, -0.25) is 4.79 Å². The largest absolute Gasteiger partial charge is 0.326 e. The molecule has 138 valence electrons. The second-order valence-electron chi connectivity index (χ2n) is 7.01. The van der Waals surface area contributed by atoms with Crippen molar-refractivity contribution in [3.05, 3.63) is 46.2 Å². The third-order valence-electron chi connectivity index (χ3n) is 4.71. The summed E-state index contributed by atoms with van der Waals surface area (Å²) in [4.78, 5) is 26.7. The van der Waals surface area contributed by atoms with Gasteiger partial charge in [0.2, 0.25) is 5.91 Å². The number of amides is 3. The van der Waals surface area contributed by atoms with Crippen LogP contribution >= 0.6 is 11.3 Å². The van der Waals surface area contributed by atoms with Crippen LogP contribution in [0.15, 0.2) is 35.0 Å². The SMILES string of the molecule is Cc1ccc(NC(=O)C(C)C)cc1NC(=O)N1CCCC1c1ccsc1. The van der Waals surface area contributed by atoms with E-state index >= 15 is 0 Å². The van der Waals surface area contributed by atoms with E-state index in [-0.39, 0.29) is 23.9 Å². The Labute approximate surface area is 158 Å². The van der Waals surface area contributed by atoms with Crippen molar-refractivity contribution in [2.75, 3.05) is 17.2 Å². The zero-order valence-electron chi connectivity index (χ0n) is 15.4. The van der Waals surface area contributed by atoms with Crippen LogP contribution in [0, 0.1) is 12.8 Å². The Morgan fingerprint density at radius 2 is 2.04 bits per heavy atom. The van der Waals surface area contributed by atoms with Gasteiger partial charge < -0.3 is 15.5 Å². The minimum atomic E-state index is -0.0923. The number of carbonyl (C=O) groups excluding carboxylic acids is 2. The second-order valence-corrected chi connectivity index (χ2v) is 7.79. The lowest BCUT2D eigenvalue weighted by Crippen LogP contribution is -2.34. The molecular weight excluding hydrogens is 346 g/mol. The Morgan fingerprint density at radius 3 is 2.73 bits per heavy atom. The molecule has 1 aromatic heterocycles. The van der Waals surface area contributed by atoms with E-state index in [2.05, 4.69) is 27.5 Å². The van der Waals surface area contributed by atoms with Crippen molar-refractivity contribution >= 4 is 34.6 Å². The highest BCUT2D eigenvalue weighted by molar-refractivity contribution is 7.08. The van der Waals surface area contributed by atoms with Crippen LogP contribution in [0.25, 0.3) is 0 Å².